The monoisotopic (exact) mass is 337 g/mol. The summed E-state index contributed by atoms with van der Waals surface area (Å²) in [4.78, 5) is 17.1. The van der Waals surface area contributed by atoms with Crippen molar-refractivity contribution in [3.05, 3.63) is 48.2 Å². The molecule has 3 aromatic rings. The van der Waals surface area contributed by atoms with Gasteiger partial charge in [-0.1, -0.05) is 31.5 Å². The molecule has 0 spiro atoms. The van der Waals surface area contributed by atoms with Crippen molar-refractivity contribution in [3.8, 4) is 17.0 Å². The number of unbranched alkanes of at least 4 members (excludes halogenated alkanes) is 1. The van der Waals surface area contributed by atoms with E-state index >= 15 is 0 Å². The predicted molar refractivity (Wildman–Crippen MR) is 100 cm³/mol. The number of hydrogen-bond acceptors (Lipinski definition) is 3. The van der Waals surface area contributed by atoms with Gasteiger partial charge in [0.1, 0.15) is 22.9 Å². The number of aromatic nitrogens is 2. The number of fused-ring (bicyclic) bond motifs is 1. The highest BCUT2D eigenvalue weighted by atomic mass is 16.5. The molecule has 0 aliphatic heterocycles. The van der Waals surface area contributed by atoms with Gasteiger partial charge in [-0.05, 0) is 37.1 Å². The highest BCUT2D eigenvalue weighted by Crippen LogP contribution is 2.35. The molecule has 25 heavy (non-hydrogen) atoms. The summed E-state index contributed by atoms with van der Waals surface area (Å²) in [6.07, 6.45) is 4.34. The fourth-order valence-electron chi connectivity index (χ4n) is 2.83. The van der Waals surface area contributed by atoms with Crippen LogP contribution in [0.1, 0.15) is 31.7 Å². The minimum atomic E-state index is 0.00121. The van der Waals surface area contributed by atoms with Gasteiger partial charge in [-0.15, -0.1) is 0 Å². The van der Waals surface area contributed by atoms with Gasteiger partial charge < -0.3 is 10.1 Å². The molecule has 0 saturated carbocycles. The van der Waals surface area contributed by atoms with Gasteiger partial charge in [0.05, 0.1) is 7.11 Å². The molecule has 5 nitrogen and oxygen atoms in total. The minimum Gasteiger partial charge on any atom is -0.496 e. The van der Waals surface area contributed by atoms with Crippen LogP contribution < -0.4 is 10.1 Å². The van der Waals surface area contributed by atoms with Crippen molar-refractivity contribution in [2.45, 2.75) is 33.1 Å². The Morgan fingerprint density at radius 3 is 2.80 bits per heavy atom. The Morgan fingerprint density at radius 1 is 1.24 bits per heavy atom. The number of carbonyl (C=O) groups is 1. The number of nitrogens with one attached hydrogen (secondary N) is 1. The van der Waals surface area contributed by atoms with E-state index in [9.17, 15) is 4.79 Å². The molecule has 0 radical (unpaired) electrons. The summed E-state index contributed by atoms with van der Waals surface area (Å²) < 4.78 is 7.41. The largest absolute Gasteiger partial charge is 0.496 e. The second kappa shape index (κ2) is 7.38. The number of anilines is 1. The molecule has 0 bridgehead atoms. The lowest BCUT2D eigenvalue weighted by Gasteiger charge is -2.10. The summed E-state index contributed by atoms with van der Waals surface area (Å²) in [5.41, 5.74) is 3.46. The van der Waals surface area contributed by atoms with E-state index in [1.165, 1.54) is 0 Å². The third-order valence-electron chi connectivity index (χ3n) is 4.14. The minimum absolute atomic E-state index is 0.00121. The van der Waals surface area contributed by atoms with Gasteiger partial charge in [-0.2, -0.15) is 0 Å². The van der Waals surface area contributed by atoms with E-state index in [-0.39, 0.29) is 5.91 Å². The normalized spacial score (nSPS) is 10.8. The third-order valence-corrected chi connectivity index (χ3v) is 4.14. The van der Waals surface area contributed by atoms with Gasteiger partial charge in [-0.25, -0.2) is 4.98 Å². The number of amides is 1. The van der Waals surface area contributed by atoms with E-state index in [1.54, 1.807) is 7.11 Å². The number of imidazole rings is 1. The van der Waals surface area contributed by atoms with Gasteiger partial charge >= 0.3 is 0 Å². The van der Waals surface area contributed by atoms with Crippen LogP contribution in [0.15, 0.2) is 42.6 Å². The maximum atomic E-state index is 12.4. The number of methoxy groups -OCH3 is 1. The van der Waals surface area contributed by atoms with E-state index in [4.69, 9.17) is 9.72 Å². The lowest BCUT2D eigenvalue weighted by atomic mass is 10.1. The SMILES string of the molecule is CCCCC(=O)Nc1c(-c2ccccc2OC)nc2ccc(C)cn12. The Bertz CT molecular complexity index is 899. The van der Waals surface area contributed by atoms with Gasteiger partial charge in [0.25, 0.3) is 0 Å². The zero-order valence-electron chi connectivity index (χ0n) is 14.9. The molecule has 0 unspecified atom stereocenters. The maximum Gasteiger partial charge on any atom is 0.225 e. The first-order valence-electron chi connectivity index (χ1n) is 8.56. The van der Waals surface area contributed by atoms with Crippen molar-refractivity contribution in [2.24, 2.45) is 0 Å². The Balaban J connectivity index is 2.14. The van der Waals surface area contributed by atoms with Crippen molar-refractivity contribution in [1.29, 1.82) is 0 Å². The molecule has 3 rings (SSSR count). The molecule has 0 aliphatic rings. The van der Waals surface area contributed by atoms with Gasteiger partial charge in [0.15, 0.2) is 0 Å². The number of pyridine rings is 1. The summed E-state index contributed by atoms with van der Waals surface area (Å²) in [5.74, 6) is 1.41. The second-order valence-corrected chi connectivity index (χ2v) is 6.10. The quantitative estimate of drug-likeness (QED) is 0.723. The Morgan fingerprint density at radius 2 is 2.04 bits per heavy atom. The summed E-state index contributed by atoms with van der Waals surface area (Å²) >= 11 is 0. The van der Waals surface area contributed by atoms with E-state index in [0.717, 1.165) is 35.4 Å². The molecule has 0 saturated heterocycles. The summed E-state index contributed by atoms with van der Waals surface area (Å²) in [6.45, 7) is 4.09. The topological polar surface area (TPSA) is 55.6 Å². The standard InChI is InChI=1S/C20H23N3O2/c1-4-5-10-18(24)22-20-19(15-8-6-7-9-16(15)25-3)21-17-12-11-14(2)13-23(17)20/h6-9,11-13H,4-5,10H2,1-3H3,(H,22,24). The van der Waals surface area contributed by atoms with E-state index in [1.807, 2.05) is 53.9 Å². The number of nitrogens with zero attached hydrogens (tertiary/aromatic N) is 2. The first-order valence-corrected chi connectivity index (χ1v) is 8.56. The van der Waals surface area contributed by atoms with Gasteiger partial charge in [0.2, 0.25) is 5.91 Å². The molecule has 1 N–H and O–H groups in total. The predicted octanol–water partition coefficient (Wildman–Crippen LogP) is 4.45. The summed E-state index contributed by atoms with van der Waals surface area (Å²) in [5, 5.41) is 3.05. The van der Waals surface area contributed by atoms with Crippen molar-refractivity contribution in [1.82, 2.24) is 9.38 Å². The van der Waals surface area contributed by atoms with E-state index in [2.05, 4.69) is 12.2 Å². The highest BCUT2D eigenvalue weighted by molar-refractivity contribution is 5.95. The Hall–Kier alpha value is -2.82. The van der Waals surface area contributed by atoms with Crippen LogP contribution >= 0.6 is 0 Å². The van der Waals surface area contributed by atoms with Crippen LogP contribution in [0.3, 0.4) is 0 Å². The smallest absolute Gasteiger partial charge is 0.225 e. The van der Waals surface area contributed by atoms with Crippen molar-refractivity contribution in [2.75, 3.05) is 12.4 Å². The van der Waals surface area contributed by atoms with E-state index < -0.39 is 0 Å². The number of aryl methyl sites for hydroxylation is 1. The zero-order chi connectivity index (χ0) is 17.8. The summed E-state index contributed by atoms with van der Waals surface area (Å²) in [7, 11) is 1.64. The van der Waals surface area contributed by atoms with Crippen LogP contribution in [0.4, 0.5) is 5.82 Å². The van der Waals surface area contributed by atoms with Gasteiger partial charge in [-0.3, -0.25) is 9.20 Å². The van der Waals surface area contributed by atoms with Crippen molar-refractivity contribution in [3.63, 3.8) is 0 Å². The molecule has 1 aromatic carbocycles. The molecule has 2 aromatic heterocycles. The number of benzene rings is 1. The Labute approximate surface area is 147 Å². The number of rotatable bonds is 6. The lowest BCUT2D eigenvalue weighted by molar-refractivity contribution is -0.116. The van der Waals surface area contributed by atoms with Gasteiger partial charge in [0, 0.05) is 18.2 Å². The molecule has 0 aliphatic carbocycles. The van der Waals surface area contributed by atoms with Crippen LogP contribution in [0, 0.1) is 6.92 Å². The molecule has 2 heterocycles. The Kier molecular flexibility index (Phi) is 5.03. The first-order chi connectivity index (χ1) is 12.1. The fraction of sp³-hybridized carbons (Fsp3) is 0.300. The maximum absolute atomic E-state index is 12.4. The third kappa shape index (κ3) is 3.50. The molecule has 0 atom stereocenters. The van der Waals surface area contributed by atoms with Crippen LogP contribution in [-0.2, 0) is 4.79 Å². The number of hydrogen-bond donors (Lipinski definition) is 1. The molecule has 0 fully saturated rings. The fourth-order valence-corrected chi connectivity index (χ4v) is 2.83. The lowest BCUT2D eigenvalue weighted by Crippen LogP contribution is -2.13. The molecule has 1 amide bonds. The zero-order valence-corrected chi connectivity index (χ0v) is 14.9. The second-order valence-electron chi connectivity index (χ2n) is 6.10. The first kappa shape index (κ1) is 17.0. The molecular weight excluding hydrogens is 314 g/mol. The van der Waals surface area contributed by atoms with Crippen LogP contribution in [0.5, 0.6) is 5.75 Å². The van der Waals surface area contributed by atoms with Crippen LogP contribution in [0.25, 0.3) is 16.9 Å². The number of ether oxygens (including phenoxy) is 1. The molecule has 5 heteroatoms. The summed E-state index contributed by atoms with van der Waals surface area (Å²) in [6, 6.07) is 11.7. The molecule has 130 valence electrons. The average molecular weight is 337 g/mol. The average Bonchev–Trinajstić information content (AvgIpc) is 2.97. The highest BCUT2D eigenvalue weighted by Gasteiger charge is 2.19. The van der Waals surface area contributed by atoms with Crippen LogP contribution in [-0.4, -0.2) is 22.4 Å². The number of para-hydroxylation sites is 1. The number of carbonyl (C=O) groups excluding carboxylic acids is 1. The van der Waals surface area contributed by atoms with Crippen LogP contribution in [0.2, 0.25) is 0 Å². The van der Waals surface area contributed by atoms with Crippen molar-refractivity contribution < 1.29 is 9.53 Å². The van der Waals surface area contributed by atoms with E-state index in [0.29, 0.717) is 17.9 Å². The van der Waals surface area contributed by atoms with Crippen molar-refractivity contribution >= 4 is 17.4 Å². The molecular formula is C20H23N3O2.